The smallest absolute Gasteiger partial charge is 0.190 e. The third kappa shape index (κ3) is 9.98. The van der Waals surface area contributed by atoms with Gasteiger partial charge in [0, 0.05) is 32.7 Å². The average Bonchev–Trinajstić information content (AvgIpc) is 2.76. The summed E-state index contributed by atoms with van der Waals surface area (Å²) in [7, 11) is 0.759. The van der Waals surface area contributed by atoms with Crippen molar-refractivity contribution in [2.75, 3.05) is 32.9 Å². The molecule has 0 radical (unpaired) electrons. The fraction of sp³-hybridized carbons (Fsp3) is 0.458. The summed E-state index contributed by atoms with van der Waals surface area (Å²) in [5, 5.41) is 6.53. The molecule has 2 aromatic carbocycles. The molecule has 2 N–H and O–H groups in total. The van der Waals surface area contributed by atoms with Gasteiger partial charge in [0.15, 0.2) is 15.8 Å². The number of benzene rings is 2. The quantitative estimate of drug-likeness (QED) is 0.299. The first-order valence-electron chi connectivity index (χ1n) is 10.8. The van der Waals surface area contributed by atoms with E-state index in [1.165, 1.54) is 5.56 Å². The number of hydrogen-bond acceptors (Lipinski definition) is 4. The van der Waals surface area contributed by atoms with Gasteiger partial charge in [-0.25, -0.2) is 8.42 Å². The van der Waals surface area contributed by atoms with Crippen molar-refractivity contribution < 1.29 is 8.42 Å². The van der Waals surface area contributed by atoms with Crippen LogP contribution in [0.1, 0.15) is 30.9 Å². The fourth-order valence-electron chi connectivity index (χ4n) is 3.27. The number of hydrogen-bond donors (Lipinski definition) is 2. The van der Waals surface area contributed by atoms with Crippen LogP contribution in [-0.4, -0.2) is 58.3 Å². The molecule has 0 aliphatic carbocycles. The van der Waals surface area contributed by atoms with Crippen LogP contribution in [0.3, 0.4) is 0 Å². The number of guanidine groups is 1. The van der Waals surface area contributed by atoms with Gasteiger partial charge in [0.05, 0.1) is 11.5 Å². The summed E-state index contributed by atoms with van der Waals surface area (Å²) in [6, 6.07) is 20.2. The highest BCUT2D eigenvalue weighted by Gasteiger charge is 2.12. The highest BCUT2D eigenvalue weighted by molar-refractivity contribution is 7.90. The Hall–Kier alpha value is -2.38. The molecule has 0 spiro atoms. The van der Waals surface area contributed by atoms with Crippen molar-refractivity contribution in [2.24, 2.45) is 4.99 Å². The highest BCUT2D eigenvalue weighted by Crippen LogP contribution is 2.08. The van der Waals surface area contributed by atoms with Crippen molar-refractivity contribution >= 4 is 15.8 Å². The van der Waals surface area contributed by atoms with Crippen LogP contribution in [0.2, 0.25) is 0 Å². The summed E-state index contributed by atoms with van der Waals surface area (Å²) in [6.07, 6.45) is 1.53. The summed E-state index contributed by atoms with van der Waals surface area (Å²) in [5.41, 5.74) is 2.14. The lowest BCUT2D eigenvalue weighted by atomic mass is 10.1. The minimum atomic E-state index is -3.11. The van der Waals surface area contributed by atoms with Gasteiger partial charge >= 0.3 is 0 Å². The van der Waals surface area contributed by atoms with Crippen LogP contribution in [0, 0.1) is 0 Å². The highest BCUT2D eigenvalue weighted by atomic mass is 32.2. The molecule has 6 nitrogen and oxygen atoms in total. The summed E-state index contributed by atoms with van der Waals surface area (Å²) in [5.74, 6) is 0.959. The van der Waals surface area contributed by atoms with Crippen molar-refractivity contribution in [1.29, 1.82) is 0 Å². The second-order valence-electron chi connectivity index (χ2n) is 7.90. The van der Waals surface area contributed by atoms with Crippen molar-refractivity contribution in [3.8, 4) is 0 Å². The molecule has 1 atom stereocenters. The van der Waals surface area contributed by atoms with E-state index in [0.29, 0.717) is 25.0 Å². The monoisotopic (exact) mass is 444 g/mol. The van der Waals surface area contributed by atoms with E-state index in [-0.39, 0.29) is 11.5 Å². The molecule has 2 aromatic rings. The van der Waals surface area contributed by atoms with Crippen molar-refractivity contribution in [1.82, 2.24) is 15.5 Å². The van der Waals surface area contributed by atoms with Gasteiger partial charge in [0.2, 0.25) is 0 Å². The topological polar surface area (TPSA) is 73.8 Å². The second-order valence-corrected chi connectivity index (χ2v) is 10.1. The average molecular weight is 445 g/mol. The van der Waals surface area contributed by atoms with E-state index >= 15 is 0 Å². The van der Waals surface area contributed by atoms with Crippen molar-refractivity contribution in [3.05, 3.63) is 71.8 Å². The Balaban J connectivity index is 1.63. The Morgan fingerprint density at radius 3 is 2.16 bits per heavy atom. The van der Waals surface area contributed by atoms with Gasteiger partial charge in [-0.05, 0) is 37.9 Å². The van der Waals surface area contributed by atoms with Crippen LogP contribution < -0.4 is 10.6 Å². The SMILES string of the molecule is CN=C(NCCCS(=O)(=O)Cc1ccccc1)NCCC(C)N(C)Cc1ccccc1. The maximum atomic E-state index is 12.3. The van der Waals surface area contributed by atoms with E-state index in [1.807, 2.05) is 36.4 Å². The Morgan fingerprint density at radius 1 is 0.968 bits per heavy atom. The predicted molar refractivity (Wildman–Crippen MR) is 130 cm³/mol. The summed E-state index contributed by atoms with van der Waals surface area (Å²) >= 11 is 0. The predicted octanol–water partition coefficient (Wildman–Crippen LogP) is 3.07. The minimum absolute atomic E-state index is 0.0925. The zero-order chi connectivity index (χ0) is 22.5. The van der Waals surface area contributed by atoms with E-state index in [4.69, 9.17) is 0 Å². The van der Waals surface area contributed by atoms with Crippen LogP contribution in [0.25, 0.3) is 0 Å². The number of sulfone groups is 1. The molecule has 31 heavy (non-hydrogen) atoms. The van der Waals surface area contributed by atoms with Gasteiger partial charge in [-0.15, -0.1) is 0 Å². The molecule has 0 aromatic heterocycles. The summed E-state index contributed by atoms with van der Waals surface area (Å²) < 4.78 is 24.6. The summed E-state index contributed by atoms with van der Waals surface area (Å²) in [6.45, 7) is 4.51. The third-order valence-electron chi connectivity index (χ3n) is 5.26. The molecule has 7 heteroatoms. The van der Waals surface area contributed by atoms with Crippen LogP contribution in [0.15, 0.2) is 65.7 Å². The number of nitrogens with zero attached hydrogens (tertiary/aromatic N) is 2. The maximum Gasteiger partial charge on any atom is 0.190 e. The molecule has 2 rings (SSSR count). The Kier molecular flexibility index (Phi) is 10.5. The Labute approximate surface area is 187 Å². The number of nitrogens with one attached hydrogen (secondary N) is 2. The lowest BCUT2D eigenvalue weighted by Gasteiger charge is -2.25. The van der Waals surface area contributed by atoms with E-state index in [9.17, 15) is 8.42 Å². The molecule has 0 heterocycles. The minimum Gasteiger partial charge on any atom is -0.356 e. The molecule has 0 aliphatic rings. The Bertz CT molecular complexity index is 886. The molecule has 1 unspecified atom stereocenters. The van der Waals surface area contributed by atoms with Gasteiger partial charge in [-0.2, -0.15) is 0 Å². The molecular weight excluding hydrogens is 408 g/mol. The fourth-order valence-corrected chi connectivity index (χ4v) is 4.70. The lowest BCUT2D eigenvalue weighted by Crippen LogP contribution is -2.40. The van der Waals surface area contributed by atoms with E-state index in [1.54, 1.807) is 7.05 Å². The van der Waals surface area contributed by atoms with E-state index in [2.05, 4.69) is 58.8 Å². The zero-order valence-electron chi connectivity index (χ0n) is 18.9. The maximum absolute atomic E-state index is 12.3. The van der Waals surface area contributed by atoms with Gasteiger partial charge in [-0.1, -0.05) is 60.7 Å². The van der Waals surface area contributed by atoms with Crippen LogP contribution in [-0.2, 0) is 22.1 Å². The van der Waals surface area contributed by atoms with Crippen LogP contribution in [0.4, 0.5) is 0 Å². The standard InChI is InChI=1S/C24H36N4O2S/c1-21(28(3)19-22-11-6-4-7-12-22)15-17-27-24(25-2)26-16-10-18-31(29,30)20-23-13-8-5-9-14-23/h4-9,11-14,21H,10,15-20H2,1-3H3,(H2,25,26,27). The first-order valence-corrected chi connectivity index (χ1v) is 12.6. The molecule has 0 bridgehead atoms. The van der Waals surface area contributed by atoms with Crippen LogP contribution in [0.5, 0.6) is 0 Å². The van der Waals surface area contributed by atoms with Gasteiger partial charge in [0.25, 0.3) is 0 Å². The molecule has 0 saturated carbocycles. The van der Waals surface area contributed by atoms with Gasteiger partial charge < -0.3 is 10.6 Å². The first-order chi connectivity index (χ1) is 14.9. The Morgan fingerprint density at radius 2 is 1.55 bits per heavy atom. The molecule has 0 aliphatic heterocycles. The molecule has 0 amide bonds. The van der Waals surface area contributed by atoms with Gasteiger partial charge in [0.1, 0.15) is 0 Å². The second kappa shape index (κ2) is 13.1. The van der Waals surface area contributed by atoms with Gasteiger partial charge in [-0.3, -0.25) is 9.89 Å². The largest absolute Gasteiger partial charge is 0.356 e. The lowest BCUT2D eigenvalue weighted by molar-refractivity contribution is 0.238. The van der Waals surface area contributed by atoms with E-state index < -0.39 is 9.84 Å². The zero-order valence-corrected chi connectivity index (χ0v) is 19.7. The third-order valence-corrected chi connectivity index (χ3v) is 6.94. The van der Waals surface area contributed by atoms with Crippen LogP contribution >= 0.6 is 0 Å². The number of rotatable bonds is 12. The first kappa shape index (κ1) is 24.9. The molecule has 0 saturated heterocycles. The molecular formula is C24H36N4O2S. The number of aliphatic imine (C=N–C) groups is 1. The normalized spacial score (nSPS) is 13.2. The van der Waals surface area contributed by atoms with Crippen molar-refractivity contribution in [3.63, 3.8) is 0 Å². The molecule has 0 fully saturated rings. The summed E-state index contributed by atoms with van der Waals surface area (Å²) in [4.78, 5) is 6.57. The molecule has 170 valence electrons. The van der Waals surface area contributed by atoms with Crippen molar-refractivity contribution in [2.45, 2.75) is 38.1 Å². The van der Waals surface area contributed by atoms with E-state index in [0.717, 1.165) is 25.1 Å².